The Bertz CT molecular complexity index is 662. The van der Waals surface area contributed by atoms with Gasteiger partial charge in [0.15, 0.2) is 11.5 Å². The Morgan fingerprint density at radius 1 is 1.24 bits per heavy atom. The maximum atomic E-state index is 5.94. The Hall–Kier alpha value is -1.42. The molecule has 3 rings (SSSR count). The van der Waals surface area contributed by atoms with E-state index in [4.69, 9.17) is 26.1 Å². The predicted molar refractivity (Wildman–Crippen MR) is 84.6 cm³/mol. The van der Waals surface area contributed by atoms with Gasteiger partial charge in [-0.25, -0.2) is 4.98 Å². The van der Waals surface area contributed by atoms with Crippen molar-refractivity contribution in [1.29, 1.82) is 0 Å². The molecule has 0 bridgehead atoms. The fraction of sp³-hybridized carbons (Fsp3) is 0.562. The third-order valence-electron chi connectivity index (χ3n) is 4.29. The van der Waals surface area contributed by atoms with E-state index in [9.17, 15) is 0 Å². The molecule has 0 amide bonds. The van der Waals surface area contributed by atoms with E-state index in [1.807, 2.05) is 12.1 Å². The minimum absolute atomic E-state index is 0.405. The quantitative estimate of drug-likeness (QED) is 0.765. The van der Waals surface area contributed by atoms with Crippen LogP contribution < -0.4 is 9.47 Å². The van der Waals surface area contributed by atoms with Gasteiger partial charge in [-0.1, -0.05) is 6.92 Å². The lowest BCUT2D eigenvalue weighted by molar-refractivity contribution is 0.355. The van der Waals surface area contributed by atoms with Crippen molar-refractivity contribution in [2.24, 2.45) is 5.41 Å². The van der Waals surface area contributed by atoms with Crippen molar-refractivity contribution in [3.8, 4) is 11.5 Å². The third kappa shape index (κ3) is 2.69. The number of alkyl halides is 1. The van der Waals surface area contributed by atoms with Crippen LogP contribution in [-0.2, 0) is 13.0 Å². The lowest BCUT2D eigenvalue weighted by atomic mass is 10.1. The van der Waals surface area contributed by atoms with Gasteiger partial charge in [0.1, 0.15) is 5.82 Å². The number of hydrogen-bond acceptors (Lipinski definition) is 3. The second-order valence-corrected chi connectivity index (χ2v) is 6.44. The van der Waals surface area contributed by atoms with Gasteiger partial charge in [-0.15, -0.1) is 11.6 Å². The van der Waals surface area contributed by atoms with Crippen LogP contribution in [0.3, 0.4) is 0 Å². The summed E-state index contributed by atoms with van der Waals surface area (Å²) in [6.07, 6.45) is 3.33. The number of hydrogen-bond donors (Lipinski definition) is 0. The molecular formula is C16H21ClN2O2. The summed E-state index contributed by atoms with van der Waals surface area (Å²) in [5.74, 6) is 3.08. The topological polar surface area (TPSA) is 36.3 Å². The summed E-state index contributed by atoms with van der Waals surface area (Å²) in [7, 11) is 3.30. The van der Waals surface area contributed by atoms with Crippen LogP contribution in [0.5, 0.6) is 11.5 Å². The largest absolute Gasteiger partial charge is 0.493 e. The van der Waals surface area contributed by atoms with Gasteiger partial charge in [-0.2, -0.15) is 0 Å². The molecule has 2 aromatic rings. The zero-order chi connectivity index (χ0) is 15.0. The lowest BCUT2D eigenvalue weighted by Gasteiger charge is -2.14. The molecule has 1 aliphatic carbocycles. The van der Waals surface area contributed by atoms with Crippen molar-refractivity contribution < 1.29 is 9.47 Å². The maximum absolute atomic E-state index is 5.94. The lowest BCUT2D eigenvalue weighted by Crippen LogP contribution is -2.11. The zero-order valence-electron chi connectivity index (χ0n) is 12.8. The Labute approximate surface area is 130 Å². The first-order valence-corrected chi connectivity index (χ1v) is 7.81. The molecule has 0 radical (unpaired) electrons. The fourth-order valence-corrected chi connectivity index (χ4v) is 2.88. The number of methoxy groups -OCH3 is 2. The highest BCUT2D eigenvalue weighted by molar-refractivity contribution is 6.17. The summed E-state index contributed by atoms with van der Waals surface area (Å²) in [5.41, 5.74) is 2.44. The highest BCUT2D eigenvalue weighted by atomic mass is 35.5. The smallest absolute Gasteiger partial charge is 0.163 e. The van der Waals surface area contributed by atoms with E-state index in [2.05, 4.69) is 11.5 Å². The highest BCUT2D eigenvalue weighted by Gasteiger charge is 2.38. The van der Waals surface area contributed by atoms with Crippen molar-refractivity contribution in [2.45, 2.75) is 32.7 Å². The molecule has 1 saturated carbocycles. The van der Waals surface area contributed by atoms with Crippen LogP contribution >= 0.6 is 11.6 Å². The Kier molecular flexibility index (Phi) is 3.74. The van der Waals surface area contributed by atoms with Crippen molar-refractivity contribution in [2.75, 3.05) is 20.1 Å². The minimum Gasteiger partial charge on any atom is -0.493 e. The van der Waals surface area contributed by atoms with E-state index in [0.717, 1.165) is 35.6 Å². The van der Waals surface area contributed by atoms with Crippen LogP contribution in [0.25, 0.3) is 11.0 Å². The summed E-state index contributed by atoms with van der Waals surface area (Å²) in [6.45, 7) is 3.31. The molecule has 21 heavy (non-hydrogen) atoms. The molecular weight excluding hydrogens is 288 g/mol. The van der Waals surface area contributed by atoms with E-state index in [-0.39, 0.29) is 0 Å². The average Bonchev–Trinajstić information content (AvgIpc) is 3.12. The fourth-order valence-electron chi connectivity index (χ4n) is 2.71. The summed E-state index contributed by atoms with van der Waals surface area (Å²) >= 11 is 5.94. The summed E-state index contributed by atoms with van der Waals surface area (Å²) in [4.78, 5) is 4.74. The summed E-state index contributed by atoms with van der Waals surface area (Å²) in [6, 6.07) is 3.96. The average molecular weight is 309 g/mol. The molecule has 0 atom stereocenters. The Morgan fingerprint density at radius 2 is 1.90 bits per heavy atom. The van der Waals surface area contributed by atoms with Crippen LogP contribution in [0.15, 0.2) is 12.1 Å². The van der Waals surface area contributed by atoms with Crippen molar-refractivity contribution in [1.82, 2.24) is 9.55 Å². The minimum atomic E-state index is 0.405. The van der Waals surface area contributed by atoms with E-state index < -0.39 is 0 Å². The molecule has 1 aliphatic rings. The Morgan fingerprint density at radius 3 is 2.48 bits per heavy atom. The van der Waals surface area contributed by atoms with Gasteiger partial charge in [0, 0.05) is 31.0 Å². The van der Waals surface area contributed by atoms with E-state index in [1.165, 1.54) is 12.8 Å². The van der Waals surface area contributed by atoms with E-state index in [1.54, 1.807) is 14.2 Å². The number of ether oxygens (including phenoxy) is 2. The van der Waals surface area contributed by atoms with Crippen LogP contribution in [0.2, 0.25) is 0 Å². The van der Waals surface area contributed by atoms with Gasteiger partial charge in [0.2, 0.25) is 0 Å². The number of rotatable bonds is 6. The second kappa shape index (κ2) is 5.41. The molecule has 1 aromatic carbocycles. The normalized spacial score (nSPS) is 16.2. The molecule has 0 aliphatic heterocycles. The molecule has 1 heterocycles. The van der Waals surface area contributed by atoms with Gasteiger partial charge < -0.3 is 14.0 Å². The van der Waals surface area contributed by atoms with Gasteiger partial charge in [0.05, 0.1) is 25.3 Å². The van der Waals surface area contributed by atoms with E-state index >= 15 is 0 Å². The molecule has 0 spiro atoms. The van der Waals surface area contributed by atoms with Gasteiger partial charge in [-0.05, 0) is 18.3 Å². The van der Waals surface area contributed by atoms with Crippen molar-refractivity contribution in [3.63, 3.8) is 0 Å². The van der Waals surface area contributed by atoms with Crippen LogP contribution in [0.1, 0.15) is 25.6 Å². The molecule has 4 nitrogen and oxygen atoms in total. The number of aryl methyl sites for hydroxylation is 1. The highest BCUT2D eigenvalue weighted by Crippen LogP contribution is 2.47. The molecule has 1 aromatic heterocycles. The van der Waals surface area contributed by atoms with Gasteiger partial charge in [0.25, 0.3) is 0 Å². The van der Waals surface area contributed by atoms with E-state index in [0.29, 0.717) is 17.0 Å². The third-order valence-corrected chi connectivity index (χ3v) is 4.48. The number of halogens is 1. The van der Waals surface area contributed by atoms with Crippen LogP contribution in [0.4, 0.5) is 0 Å². The molecule has 1 fully saturated rings. The molecule has 0 unspecified atom stereocenters. The SMILES string of the molecule is COc1cc2nc(CCCl)n(CC3(C)CC3)c2cc1OC. The number of fused-ring (bicyclic) bond motifs is 1. The van der Waals surface area contributed by atoms with Crippen molar-refractivity contribution in [3.05, 3.63) is 18.0 Å². The number of imidazole rings is 1. The number of nitrogens with zero attached hydrogens (tertiary/aromatic N) is 2. The molecule has 5 heteroatoms. The Balaban J connectivity index is 2.13. The monoisotopic (exact) mass is 308 g/mol. The summed E-state index contributed by atoms with van der Waals surface area (Å²) in [5, 5.41) is 0. The van der Waals surface area contributed by atoms with Gasteiger partial charge >= 0.3 is 0 Å². The van der Waals surface area contributed by atoms with Crippen LogP contribution in [-0.4, -0.2) is 29.7 Å². The first kappa shape index (κ1) is 14.5. The predicted octanol–water partition coefficient (Wildman–Crippen LogP) is 3.63. The number of aromatic nitrogens is 2. The summed E-state index contributed by atoms with van der Waals surface area (Å²) < 4.78 is 13.1. The standard InChI is InChI=1S/C16H21ClN2O2/c1-16(5-6-16)10-19-12-9-14(21-3)13(20-2)8-11(12)18-15(19)4-7-17/h8-9H,4-7,10H2,1-3H3. The van der Waals surface area contributed by atoms with Crippen molar-refractivity contribution >= 4 is 22.6 Å². The first-order valence-electron chi connectivity index (χ1n) is 7.27. The van der Waals surface area contributed by atoms with Crippen LogP contribution in [0, 0.1) is 5.41 Å². The zero-order valence-corrected chi connectivity index (χ0v) is 13.5. The second-order valence-electron chi connectivity index (χ2n) is 6.06. The molecule has 0 saturated heterocycles. The number of benzene rings is 1. The maximum Gasteiger partial charge on any atom is 0.163 e. The van der Waals surface area contributed by atoms with Gasteiger partial charge in [-0.3, -0.25) is 0 Å². The molecule has 114 valence electrons. The first-order chi connectivity index (χ1) is 10.1. The molecule has 0 N–H and O–H groups in total.